The molecule has 2 nitrogen and oxygen atoms in total. The first kappa shape index (κ1) is 19.9. The fourth-order valence-corrected chi connectivity index (χ4v) is 2.29. The van der Waals surface area contributed by atoms with Crippen LogP contribution in [-0.2, 0) is 9.53 Å². The second-order valence-electron chi connectivity index (χ2n) is 5.59. The van der Waals surface area contributed by atoms with Gasteiger partial charge in [-0.25, -0.2) is 0 Å². The van der Waals surface area contributed by atoms with Gasteiger partial charge in [0.25, 0.3) is 0 Å². The zero-order valence-corrected chi connectivity index (χ0v) is 14.3. The maximum absolute atomic E-state index is 10.9. The van der Waals surface area contributed by atoms with Crippen LogP contribution >= 0.6 is 0 Å². The van der Waals surface area contributed by atoms with Gasteiger partial charge in [-0.3, -0.25) is 4.79 Å². The first-order valence-electron chi connectivity index (χ1n) is 8.63. The van der Waals surface area contributed by atoms with Crippen LogP contribution in [0.25, 0.3) is 0 Å². The van der Waals surface area contributed by atoms with E-state index < -0.39 is 0 Å². The average molecular weight is 294 g/mol. The Labute approximate surface area is 131 Å². The maximum Gasteiger partial charge on any atom is 0.305 e. The van der Waals surface area contributed by atoms with Crippen molar-refractivity contribution in [1.82, 2.24) is 0 Å². The van der Waals surface area contributed by atoms with Gasteiger partial charge >= 0.3 is 5.97 Å². The SMILES string of the molecule is CCC(/C=C\C/C=C/CCCCCCCC(=O)OC)CC. The van der Waals surface area contributed by atoms with Crippen LogP contribution < -0.4 is 0 Å². The molecule has 21 heavy (non-hydrogen) atoms. The second-order valence-corrected chi connectivity index (χ2v) is 5.59. The molecule has 0 aliphatic carbocycles. The summed E-state index contributed by atoms with van der Waals surface area (Å²) in [5.41, 5.74) is 0. The number of ether oxygens (including phenoxy) is 1. The van der Waals surface area contributed by atoms with E-state index in [4.69, 9.17) is 0 Å². The van der Waals surface area contributed by atoms with Crippen LogP contribution in [0.3, 0.4) is 0 Å². The van der Waals surface area contributed by atoms with Crippen molar-refractivity contribution in [3.63, 3.8) is 0 Å². The topological polar surface area (TPSA) is 26.3 Å². The molecule has 0 atom stereocenters. The molecular weight excluding hydrogens is 260 g/mol. The van der Waals surface area contributed by atoms with E-state index in [1.165, 1.54) is 45.6 Å². The molecule has 0 spiro atoms. The first-order valence-corrected chi connectivity index (χ1v) is 8.63. The van der Waals surface area contributed by atoms with Crippen LogP contribution in [-0.4, -0.2) is 13.1 Å². The Morgan fingerprint density at radius 1 is 0.952 bits per heavy atom. The molecule has 0 saturated heterocycles. The van der Waals surface area contributed by atoms with Crippen molar-refractivity contribution in [3.8, 4) is 0 Å². The van der Waals surface area contributed by atoms with E-state index in [0.717, 1.165) is 25.2 Å². The molecule has 0 fully saturated rings. The molecule has 0 heterocycles. The average Bonchev–Trinajstić information content (AvgIpc) is 2.51. The summed E-state index contributed by atoms with van der Waals surface area (Å²) in [5, 5.41) is 0. The zero-order chi connectivity index (χ0) is 15.8. The van der Waals surface area contributed by atoms with Crippen molar-refractivity contribution in [1.29, 1.82) is 0 Å². The van der Waals surface area contributed by atoms with Gasteiger partial charge in [0.1, 0.15) is 0 Å². The lowest BCUT2D eigenvalue weighted by Gasteiger charge is -2.03. The lowest BCUT2D eigenvalue weighted by molar-refractivity contribution is -0.140. The number of carbonyl (C=O) groups is 1. The van der Waals surface area contributed by atoms with E-state index in [2.05, 4.69) is 42.9 Å². The Hall–Kier alpha value is -1.05. The molecule has 0 aromatic carbocycles. The molecule has 0 unspecified atom stereocenters. The van der Waals surface area contributed by atoms with E-state index in [0.29, 0.717) is 6.42 Å². The third-order valence-electron chi connectivity index (χ3n) is 3.88. The zero-order valence-electron chi connectivity index (χ0n) is 14.3. The molecule has 0 amide bonds. The molecule has 0 aliphatic rings. The minimum absolute atomic E-state index is 0.0839. The van der Waals surface area contributed by atoms with E-state index in [9.17, 15) is 4.79 Å². The van der Waals surface area contributed by atoms with Gasteiger partial charge < -0.3 is 4.74 Å². The standard InChI is InChI=1S/C19H34O2/c1-4-18(5-2)16-14-12-10-8-6-7-9-11-13-15-17-19(20)21-3/h8,10,14,16,18H,4-7,9,11-13,15,17H2,1-3H3/b10-8+,16-14-. The molecule has 0 bridgehead atoms. The number of esters is 1. The third-order valence-corrected chi connectivity index (χ3v) is 3.88. The number of carbonyl (C=O) groups excluding carboxylic acids is 1. The van der Waals surface area contributed by atoms with Crippen LogP contribution in [0.4, 0.5) is 0 Å². The number of unbranched alkanes of at least 4 members (excludes halogenated alkanes) is 5. The number of hydrogen-bond donors (Lipinski definition) is 0. The smallest absolute Gasteiger partial charge is 0.305 e. The minimum atomic E-state index is -0.0839. The molecule has 0 N–H and O–H groups in total. The monoisotopic (exact) mass is 294 g/mol. The number of rotatable bonds is 13. The molecule has 0 aliphatic heterocycles. The molecule has 2 heteroatoms. The molecule has 0 radical (unpaired) electrons. The summed E-state index contributed by atoms with van der Waals surface area (Å²) in [7, 11) is 1.45. The third kappa shape index (κ3) is 13.7. The maximum atomic E-state index is 10.9. The van der Waals surface area contributed by atoms with Crippen molar-refractivity contribution < 1.29 is 9.53 Å². The van der Waals surface area contributed by atoms with E-state index in [1.54, 1.807) is 0 Å². The molecule has 0 saturated carbocycles. The second kappa shape index (κ2) is 15.3. The Balaban J connectivity index is 3.35. The summed E-state index contributed by atoms with van der Waals surface area (Å²) in [6.07, 6.45) is 20.3. The highest BCUT2D eigenvalue weighted by Gasteiger charge is 1.98. The summed E-state index contributed by atoms with van der Waals surface area (Å²) in [6.45, 7) is 4.50. The van der Waals surface area contributed by atoms with Crippen molar-refractivity contribution in [2.75, 3.05) is 7.11 Å². The van der Waals surface area contributed by atoms with Gasteiger partial charge in [-0.15, -0.1) is 0 Å². The van der Waals surface area contributed by atoms with Crippen LogP contribution in [0.2, 0.25) is 0 Å². The highest BCUT2D eigenvalue weighted by molar-refractivity contribution is 5.68. The normalized spacial score (nSPS) is 11.8. The Kier molecular flexibility index (Phi) is 14.6. The van der Waals surface area contributed by atoms with E-state index >= 15 is 0 Å². The van der Waals surface area contributed by atoms with Crippen LogP contribution in [0.5, 0.6) is 0 Å². The van der Waals surface area contributed by atoms with E-state index in [1.807, 2.05) is 0 Å². The lowest BCUT2D eigenvalue weighted by Crippen LogP contribution is -1.98. The summed E-state index contributed by atoms with van der Waals surface area (Å²) in [6, 6.07) is 0. The van der Waals surface area contributed by atoms with Gasteiger partial charge in [-0.2, -0.15) is 0 Å². The number of methoxy groups -OCH3 is 1. The summed E-state index contributed by atoms with van der Waals surface area (Å²) in [4.78, 5) is 10.9. The van der Waals surface area contributed by atoms with Crippen molar-refractivity contribution in [3.05, 3.63) is 24.3 Å². The van der Waals surface area contributed by atoms with Gasteiger partial charge in [0.2, 0.25) is 0 Å². The van der Waals surface area contributed by atoms with Crippen LogP contribution in [0, 0.1) is 5.92 Å². The molecule has 122 valence electrons. The fourth-order valence-electron chi connectivity index (χ4n) is 2.29. The van der Waals surface area contributed by atoms with Gasteiger partial charge in [0.05, 0.1) is 7.11 Å². The van der Waals surface area contributed by atoms with Crippen molar-refractivity contribution in [2.45, 2.75) is 78.1 Å². The lowest BCUT2D eigenvalue weighted by atomic mass is 10.0. The predicted molar refractivity (Wildman–Crippen MR) is 91.3 cm³/mol. The quantitative estimate of drug-likeness (QED) is 0.243. The molecular formula is C19H34O2. The van der Waals surface area contributed by atoms with Gasteiger partial charge in [-0.05, 0) is 44.4 Å². The molecule has 0 aromatic heterocycles. The van der Waals surface area contributed by atoms with Gasteiger partial charge in [0.15, 0.2) is 0 Å². The molecule has 0 aromatic rings. The van der Waals surface area contributed by atoms with Crippen LogP contribution in [0.15, 0.2) is 24.3 Å². The molecule has 0 rings (SSSR count). The Bertz CT molecular complexity index is 288. The largest absolute Gasteiger partial charge is 0.469 e. The summed E-state index contributed by atoms with van der Waals surface area (Å²) in [5.74, 6) is 0.669. The number of allylic oxidation sites excluding steroid dienone is 4. The van der Waals surface area contributed by atoms with Crippen molar-refractivity contribution >= 4 is 5.97 Å². The van der Waals surface area contributed by atoms with Crippen molar-refractivity contribution in [2.24, 2.45) is 5.92 Å². The fraction of sp³-hybridized carbons (Fsp3) is 0.737. The Morgan fingerprint density at radius 2 is 1.62 bits per heavy atom. The Morgan fingerprint density at radius 3 is 2.29 bits per heavy atom. The van der Waals surface area contributed by atoms with Gasteiger partial charge in [-0.1, -0.05) is 57.4 Å². The first-order chi connectivity index (χ1) is 10.2. The highest BCUT2D eigenvalue weighted by atomic mass is 16.5. The number of hydrogen-bond acceptors (Lipinski definition) is 2. The summed E-state index contributed by atoms with van der Waals surface area (Å²) < 4.78 is 4.62. The van der Waals surface area contributed by atoms with Gasteiger partial charge in [0, 0.05) is 6.42 Å². The highest BCUT2D eigenvalue weighted by Crippen LogP contribution is 2.10. The summed E-state index contributed by atoms with van der Waals surface area (Å²) >= 11 is 0. The minimum Gasteiger partial charge on any atom is -0.469 e. The van der Waals surface area contributed by atoms with Crippen LogP contribution in [0.1, 0.15) is 78.1 Å². The van der Waals surface area contributed by atoms with E-state index in [-0.39, 0.29) is 5.97 Å². The predicted octanol–water partition coefficient (Wildman–Crippen LogP) is 5.83.